The van der Waals surface area contributed by atoms with Gasteiger partial charge in [-0.1, -0.05) is 0 Å². The van der Waals surface area contributed by atoms with E-state index in [2.05, 4.69) is 45.0 Å². The lowest BCUT2D eigenvalue weighted by molar-refractivity contribution is 0.206. The highest BCUT2D eigenvalue weighted by Gasteiger charge is 2.31. The van der Waals surface area contributed by atoms with Crippen LogP contribution in [-0.2, 0) is 6.54 Å². The standard InChI is InChI=1S/C13H16BrN3O2/c1-8(9-3-4-9)17(2)7-12-15-16-13(19-12)10-5-6-11(14)18-10/h5-6,8-9H,3-4,7H2,1-2H3/t8-/m0/s1. The molecule has 0 radical (unpaired) electrons. The molecule has 1 atom stereocenters. The Kier molecular flexibility index (Phi) is 3.45. The lowest BCUT2D eigenvalue weighted by atomic mass is 10.2. The van der Waals surface area contributed by atoms with Crippen LogP contribution in [0.4, 0.5) is 0 Å². The molecule has 6 heteroatoms. The SMILES string of the molecule is C[C@@H](C1CC1)N(C)Cc1nnc(-c2ccc(Br)o2)o1. The summed E-state index contributed by atoms with van der Waals surface area (Å²) >= 11 is 3.25. The molecule has 0 bridgehead atoms. The van der Waals surface area contributed by atoms with Crippen molar-refractivity contribution in [1.29, 1.82) is 0 Å². The molecule has 1 aliphatic carbocycles. The number of rotatable bonds is 5. The summed E-state index contributed by atoms with van der Waals surface area (Å²) in [4.78, 5) is 2.26. The average Bonchev–Trinajstić information content (AvgIpc) is 2.99. The van der Waals surface area contributed by atoms with Gasteiger partial charge in [0.15, 0.2) is 10.4 Å². The third kappa shape index (κ3) is 2.90. The van der Waals surface area contributed by atoms with E-state index in [-0.39, 0.29) is 0 Å². The van der Waals surface area contributed by atoms with Crippen LogP contribution in [-0.4, -0.2) is 28.2 Å². The molecule has 0 unspecified atom stereocenters. The van der Waals surface area contributed by atoms with Crippen molar-refractivity contribution in [2.45, 2.75) is 32.4 Å². The largest absolute Gasteiger partial charge is 0.444 e. The van der Waals surface area contributed by atoms with Crippen LogP contribution in [0.3, 0.4) is 0 Å². The van der Waals surface area contributed by atoms with Crippen LogP contribution in [0, 0.1) is 5.92 Å². The van der Waals surface area contributed by atoms with E-state index < -0.39 is 0 Å². The van der Waals surface area contributed by atoms with E-state index in [9.17, 15) is 0 Å². The minimum absolute atomic E-state index is 0.424. The van der Waals surface area contributed by atoms with Crippen LogP contribution in [0.1, 0.15) is 25.7 Å². The molecule has 0 spiro atoms. The van der Waals surface area contributed by atoms with Gasteiger partial charge < -0.3 is 8.83 Å². The maximum Gasteiger partial charge on any atom is 0.283 e. The van der Waals surface area contributed by atoms with E-state index >= 15 is 0 Å². The Balaban J connectivity index is 1.67. The lowest BCUT2D eigenvalue weighted by Crippen LogP contribution is -2.30. The molecular weight excluding hydrogens is 310 g/mol. The van der Waals surface area contributed by atoms with Gasteiger partial charge >= 0.3 is 0 Å². The molecule has 5 nitrogen and oxygen atoms in total. The maximum atomic E-state index is 5.63. The Labute approximate surface area is 120 Å². The Bertz CT molecular complexity index is 562. The van der Waals surface area contributed by atoms with Crippen molar-refractivity contribution >= 4 is 15.9 Å². The predicted molar refractivity (Wildman–Crippen MR) is 73.4 cm³/mol. The first-order valence-corrected chi connectivity index (χ1v) is 7.21. The number of aromatic nitrogens is 2. The molecule has 1 fully saturated rings. The molecule has 2 heterocycles. The van der Waals surface area contributed by atoms with Crippen molar-refractivity contribution in [2.75, 3.05) is 7.05 Å². The summed E-state index contributed by atoms with van der Waals surface area (Å²) in [5.41, 5.74) is 0. The molecule has 2 aromatic heterocycles. The van der Waals surface area contributed by atoms with E-state index in [1.165, 1.54) is 12.8 Å². The molecule has 0 amide bonds. The van der Waals surface area contributed by atoms with Gasteiger partial charge in [-0.2, -0.15) is 0 Å². The van der Waals surface area contributed by atoms with Crippen LogP contribution in [0.15, 0.2) is 25.6 Å². The third-order valence-corrected chi connectivity index (χ3v) is 4.06. The van der Waals surface area contributed by atoms with Crippen LogP contribution in [0.2, 0.25) is 0 Å². The fraction of sp³-hybridized carbons (Fsp3) is 0.538. The van der Waals surface area contributed by atoms with Crippen molar-refractivity contribution < 1.29 is 8.83 Å². The zero-order chi connectivity index (χ0) is 13.4. The average molecular weight is 326 g/mol. The summed E-state index contributed by atoms with van der Waals surface area (Å²) in [7, 11) is 2.09. The molecular formula is C13H16BrN3O2. The quantitative estimate of drug-likeness (QED) is 0.844. The first-order valence-electron chi connectivity index (χ1n) is 6.42. The van der Waals surface area contributed by atoms with Crippen molar-refractivity contribution in [3.63, 3.8) is 0 Å². The van der Waals surface area contributed by atoms with Gasteiger partial charge in [-0.15, -0.1) is 10.2 Å². The number of hydrogen-bond acceptors (Lipinski definition) is 5. The summed E-state index contributed by atoms with van der Waals surface area (Å²) in [6.45, 7) is 2.92. The van der Waals surface area contributed by atoms with Gasteiger partial charge in [-0.3, -0.25) is 4.90 Å². The number of furan rings is 1. The highest BCUT2D eigenvalue weighted by molar-refractivity contribution is 9.10. The first kappa shape index (κ1) is 12.9. The third-order valence-electron chi connectivity index (χ3n) is 3.63. The van der Waals surface area contributed by atoms with E-state index in [1.807, 2.05) is 0 Å². The highest BCUT2D eigenvalue weighted by Crippen LogP contribution is 2.35. The summed E-state index contributed by atoms with van der Waals surface area (Å²) in [6, 6.07) is 4.17. The topological polar surface area (TPSA) is 55.3 Å². The molecule has 102 valence electrons. The zero-order valence-electron chi connectivity index (χ0n) is 11.0. The normalized spacial score (nSPS) is 17.1. The fourth-order valence-corrected chi connectivity index (χ4v) is 2.45. The highest BCUT2D eigenvalue weighted by atomic mass is 79.9. The van der Waals surface area contributed by atoms with Gasteiger partial charge in [0.25, 0.3) is 5.89 Å². The van der Waals surface area contributed by atoms with Gasteiger partial charge in [0.05, 0.1) is 6.54 Å². The minimum atomic E-state index is 0.424. The summed E-state index contributed by atoms with van der Waals surface area (Å²) in [5.74, 6) is 2.46. The van der Waals surface area contributed by atoms with Crippen molar-refractivity contribution in [3.05, 3.63) is 22.7 Å². The van der Waals surface area contributed by atoms with E-state index in [1.54, 1.807) is 12.1 Å². The molecule has 0 aromatic carbocycles. The van der Waals surface area contributed by atoms with Crippen LogP contribution in [0.5, 0.6) is 0 Å². The van der Waals surface area contributed by atoms with E-state index in [4.69, 9.17) is 8.83 Å². The van der Waals surface area contributed by atoms with E-state index in [0.717, 1.165) is 5.92 Å². The van der Waals surface area contributed by atoms with Crippen molar-refractivity contribution in [1.82, 2.24) is 15.1 Å². The monoisotopic (exact) mass is 325 g/mol. The van der Waals surface area contributed by atoms with Gasteiger partial charge in [-0.05, 0) is 60.8 Å². The second-order valence-corrected chi connectivity index (χ2v) is 5.88. The molecule has 2 aromatic rings. The van der Waals surface area contributed by atoms with E-state index in [0.29, 0.717) is 34.8 Å². The van der Waals surface area contributed by atoms with Gasteiger partial charge in [-0.25, -0.2) is 0 Å². The van der Waals surface area contributed by atoms with Gasteiger partial charge in [0.1, 0.15) is 0 Å². The Morgan fingerprint density at radius 2 is 2.16 bits per heavy atom. The lowest BCUT2D eigenvalue weighted by Gasteiger charge is -2.22. The van der Waals surface area contributed by atoms with Crippen LogP contribution >= 0.6 is 15.9 Å². The minimum Gasteiger partial charge on any atom is -0.444 e. The fourth-order valence-electron chi connectivity index (χ4n) is 2.14. The molecule has 1 aliphatic rings. The van der Waals surface area contributed by atoms with Crippen molar-refractivity contribution in [3.8, 4) is 11.7 Å². The second-order valence-electron chi connectivity index (χ2n) is 5.10. The molecule has 0 aliphatic heterocycles. The maximum absolute atomic E-state index is 5.63. The Morgan fingerprint density at radius 1 is 1.37 bits per heavy atom. The molecule has 0 N–H and O–H groups in total. The molecule has 1 saturated carbocycles. The molecule has 3 rings (SSSR count). The zero-order valence-corrected chi connectivity index (χ0v) is 12.6. The number of halogens is 1. The Morgan fingerprint density at radius 3 is 2.79 bits per heavy atom. The number of hydrogen-bond donors (Lipinski definition) is 0. The second kappa shape index (κ2) is 5.09. The van der Waals surface area contributed by atoms with Crippen LogP contribution in [0.25, 0.3) is 11.7 Å². The van der Waals surface area contributed by atoms with Crippen LogP contribution < -0.4 is 0 Å². The molecule has 19 heavy (non-hydrogen) atoms. The first-order chi connectivity index (χ1) is 9.13. The smallest absolute Gasteiger partial charge is 0.283 e. The molecule has 0 saturated heterocycles. The predicted octanol–water partition coefficient (Wildman–Crippen LogP) is 3.32. The summed E-state index contributed by atoms with van der Waals surface area (Å²) in [5, 5.41) is 8.09. The summed E-state index contributed by atoms with van der Waals surface area (Å²) < 4.78 is 11.7. The Hall–Kier alpha value is -1.14. The van der Waals surface area contributed by atoms with Gasteiger partial charge in [0, 0.05) is 6.04 Å². The van der Waals surface area contributed by atoms with Crippen molar-refractivity contribution in [2.24, 2.45) is 5.92 Å². The van der Waals surface area contributed by atoms with Gasteiger partial charge in [0.2, 0.25) is 5.89 Å². The number of nitrogens with zero attached hydrogens (tertiary/aromatic N) is 3. The summed E-state index contributed by atoms with van der Waals surface area (Å²) in [6.07, 6.45) is 2.67.